The number of hydrogen-bond donors (Lipinski definition) is 3. The molecule has 0 radical (unpaired) electrons. The van der Waals surface area contributed by atoms with Gasteiger partial charge in [-0.2, -0.15) is 0 Å². The van der Waals surface area contributed by atoms with Crippen LogP contribution in [0.25, 0.3) is 0 Å². The van der Waals surface area contributed by atoms with E-state index in [-0.39, 0.29) is 55.7 Å². The lowest BCUT2D eigenvalue weighted by Crippen LogP contribution is -2.46. The summed E-state index contributed by atoms with van der Waals surface area (Å²) in [5, 5.41) is 25.7. The van der Waals surface area contributed by atoms with Gasteiger partial charge < -0.3 is 44.1 Å². The molecule has 1 saturated heterocycles. The highest BCUT2D eigenvalue weighted by Gasteiger charge is 2.54. The largest absolute Gasteiger partial charge is 0.462 e. The van der Waals surface area contributed by atoms with E-state index in [1.54, 1.807) is 56.9 Å². The highest BCUT2D eigenvalue weighted by Crippen LogP contribution is 2.50. The number of allylic oxidation sites excluding steroid dienone is 4. The van der Waals surface area contributed by atoms with Crippen LogP contribution in [0.3, 0.4) is 0 Å². The van der Waals surface area contributed by atoms with Crippen LogP contribution in [0.4, 0.5) is 0 Å². The molecule has 2 aromatic carbocycles. The second-order valence-corrected chi connectivity index (χ2v) is 17.5. The van der Waals surface area contributed by atoms with Gasteiger partial charge in [0.25, 0.3) is 11.7 Å². The minimum atomic E-state index is -2.15. The molecule has 16 heteroatoms. The summed E-state index contributed by atoms with van der Waals surface area (Å²) in [4.78, 5) is 86.8. The molecule has 2 aromatic rings. The quantitative estimate of drug-likeness (QED) is 0.225. The van der Waals surface area contributed by atoms with Crippen molar-refractivity contribution in [3.63, 3.8) is 0 Å². The molecule has 0 saturated carbocycles. The Morgan fingerprint density at radius 3 is 2.22 bits per heavy atom. The number of Topliss-reactive ketones (excluding diaryl/α,β-unsaturated/α-hetero) is 3. The Labute approximate surface area is 377 Å². The van der Waals surface area contributed by atoms with Crippen LogP contribution in [0, 0.1) is 30.6 Å². The van der Waals surface area contributed by atoms with Gasteiger partial charge in [-0.05, 0) is 44.9 Å². The molecule has 1 aliphatic carbocycles. The minimum absolute atomic E-state index is 0.00712. The molecule has 1 fully saturated rings. The van der Waals surface area contributed by atoms with Crippen molar-refractivity contribution in [2.45, 2.75) is 98.4 Å². The standard InChI is InChI=1S/C48H55ClN2O13/c1-23-15-14-16-24(2)46(58)50-36-37(51-20-12-13-21-51)41(56)33-34(40(36)55)43(63-47(59)30-17-10-11-18-31(30)49)28(6)44-35(33)45(57)48(8,64-44)61-22-19-32(60-9)25(3)42(62-29(7)52)27(5)39(54)26(4)38(23)53/h10-11,14-19,22-23,25-27,32,38-39,42,53-54H,12-13,20-21H2,1-9H3,(H,50,58)/b15-14+,22-19+,24-16-/t23-,25+,26+,27-,32-,38-,39-,42+,48-/m0/s1. The number of rotatable bonds is 5. The topological polar surface area (TPSA) is 204 Å². The molecular weight excluding hydrogens is 848 g/mol. The van der Waals surface area contributed by atoms with E-state index in [0.717, 1.165) is 0 Å². The summed E-state index contributed by atoms with van der Waals surface area (Å²) in [5.41, 5.74) is -1.54. The number of benzene rings is 2. The summed E-state index contributed by atoms with van der Waals surface area (Å²) in [6, 6.07) is 6.08. The first-order valence-corrected chi connectivity index (χ1v) is 21.7. The first-order chi connectivity index (χ1) is 30.2. The van der Waals surface area contributed by atoms with Gasteiger partial charge in [-0.25, -0.2) is 4.79 Å². The van der Waals surface area contributed by atoms with E-state index < -0.39 is 94.6 Å². The van der Waals surface area contributed by atoms with E-state index in [1.165, 1.54) is 65.4 Å². The zero-order valence-corrected chi connectivity index (χ0v) is 38.1. The van der Waals surface area contributed by atoms with Crippen LogP contribution < -0.4 is 14.8 Å². The fourth-order valence-electron chi connectivity index (χ4n) is 8.81. The van der Waals surface area contributed by atoms with Gasteiger partial charge in [-0.3, -0.25) is 24.0 Å². The molecular formula is C48H55ClN2O13. The number of nitrogens with zero attached hydrogens (tertiary/aromatic N) is 1. The Morgan fingerprint density at radius 2 is 1.58 bits per heavy atom. The molecule has 9 atom stereocenters. The van der Waals surface area contributed by atoms with Gasteiger partial charge in [-0.1, -0.05) is 69.7 Å². The Morgan fingerprint density at radius 1 is 0.906 bits per heavy atom. The third-order valence-corrected chi connectivity index (χ3v) is 12.9. The summed E-state index contributed by atoms with van der Waals surface area (Å²) in [6.45, 7) is 13.1. The van der Waals surface area contributed by atoms with E-state index >= 15 is 9.59 Å². The van der Waals surface area contributed by atoms with Gasteiger partial charge >= 0.3 is 17.7 Å². The Balaban J connectivity index is 1.55. The third-order valence-electron chi connectivity index (χ3n) is 12.6. The van der Waals surface area contributed by atoms with Crippen LogP contribution in [-0.2, 0) is 23.8 Å². The lowest BCUT2D eigenvalue weighted by Gasteiger charge is -2.38. The molecule has 0 unspecified atom stereocenters. The average Bonchev–Trinajstić information content (AvgIpc) is 3.88. The van der Waals surface area contributed by atoms with Crippen LogP contribution in [0.15, 0.2) is 71.8 Å². The number of ketones is 3. The SMILES string of the molecule is CO[C@H]1/C=C/O[C@@]2(C)Oc3c(C)c(OC(=O)c4ccccc4Cl)c4c(c3C2=O)C(=O)C(N2CCCC2)=C(NC(=O)/C(C)=C\C=C\[C@H](C)[C@H](O)[C@@H](C)[C@H](O)[C@H](C)[C@H](OC(C)=O)[C@@H]1C)C4=O. The van der Waals surface area contributed by atoms with Crippen molar-refractivity contribution in [1.29, 1.82) is 0 Å². The van der Waals surface area contributed by atoms with Crippen molar-refractivity contribution in [2.75, 3.05) is 20.2 Å². The molecule has 342 valence electrons. The number of hydrogen-bond acceptors (Lipinski definition) is 14. The fourth-order valence-corrected chi connectivity index (χ4v) is 9.02. The Kier molecular flexibility index (Phi) is 14.4. The first-order valence-electron chi connectivity index (χ1n) is 21.3. The van der Waals surface area contributed by atoms with Crippen LogP contribution in [0.5, 0.6) is 11.5 Å². The van der Waals surface area contributed by atoms with Crippen molar-refractivity contribution < 1.29 is 62.7 Å². The number of esters is 2. The lowest BCUT2D eigenvalue weighted by atomic mass is 9.78. The van der Waals surface area contributed by atoms with Crippen LogP contribution in [0.2, 0.25) is 5.02 Å². The average molecular weight is 903 g/mol. The number of fused-ring (bicyclic) bond motifs is 14. The molecule has 64 heavy (non-hydrogen) atoms. The number of methoxy groups -OCH3 is 1. The molecule has 5 bridgehead atoms. The molecule has 0 aromatic heterocycles. The number of ether oxygens (including phenoxy) is 5. The van der Waals surface area contributed by atoms with E-state index in [4.69, 9.17) is 35.3 Å². The van der Waals surface area contributed by atoms with Gasteiger partial charge in [0, 0.05) is 68.9 Å². The monoisotopic (exact) mass is 902 g/mol. The van der Waals surface area contributed by atoms with Gasteiger partial charge in [0.2, 0.25) is 11.6 Å². The summed E-state index contributed by atoms with van der Waals surface area (Å²) >= 11 is 6.37. The molecule has 5 aliphatic rings. The van der Waals surface area contributed by atoms with Crippen LogP contribution in [0.1, 0.15) is 108 Å². The smallest absolute Gasteiger partial charge is 0.345 e. The maximum Gasteiger partial charge on any atom is 0.345 e. The second-order valence-electron chi connectivity index (χ2n) is 17.1. The molecule has 0 spiro atoms. The molecule has 7 rings (SSSR count). The number of aliphatic hydroxyl groups is 2. The predicted octanol–water partition coefficient (Wildman–Crippen LogP) is 6.22. The van der Waals surface area contributed by atoms with E-state index in [0.29, 0.717) is 25.9 Å². The van der Waals surface area contributed by atoms with Crippen LogP contribution >= 0.6 is 11.6 Å². The highest BCUT2D eigenvalue weighted by atomic mass is 35.5. The molecule has 15 nitrogen and oxygen atoms in total. The van der Waals surface area contributed by atoms with E-state index in [2.05, 4.69) is 5.32 Å². The fraction of sp³-hybridized carbons (Fsp3) is 0.458. The number of halogens is 1. The predicted molar refractivity (Wildman–Crippen MR) is 234 cm³/mol. The number of aliphatic hydroxyl groups excluding tert-OH is 2. The van der Waals surface area contributed by atoms with Gasteiger partial charge in [0.15, 0.2) is 0 Å². The summed E-state index contributed by atoms with van der Waals surface area (Å²) in [5.74, 6) is -10.1. The highest BCUT2D eigenvalue weighted by molar-refractivity contribution is 6.34. The first kappa shape index (κ1) is 47.9. The number of amides is 1. The normalized spacial score (nSPS) is 30.8. The van der Waals surface area contributed by atoms with Crippen LogP contribution in [-0.4, -0.2) is 101 Å². The zero-order valence-electron chi connectivity index (χ0n) is 37.4. The number of carbonyl (C=O) groups excluding carboxylic acids is 6. The Hall–Kier alpha value is -5.61. The van der Waals surface area contributed by atoms with Gasteiger partial charge in [-0.15, -0.1) is 0 Å². The minimum Gasteiger partial charge on any atom is -0.462 e. The van der Waals surface area contributed by atoms with Gasteiger partial charge in [0.05, 0.1) is 51.9 Å². The number of carbonyl (C=O) groups is 6. The van der Waals surface area contributed by atoms with E-state index in [1.807, 2.05) is 0 Å². The Bertz CT molecular complexity index is 2380. The molecule has 1 amide bonds. The third kappa shape index (κ3) is 9.03. The molecule has 4 aliphatic heterocycles. The molecule has 3 N–H and O–H groups in total. The zero-order chi connectivity index (χ0) is 46.9. The lowest BCUT2D eigenvalue weighted by molar-refractivity contribution is -0.160. The van der Waals surface area contributed by atoms with Gasteiger partial charge in [0.1, 0.15) is 29.0 Å². The van der Waals surface area contributed by atoms with Crippen molar-refractivity contribution in [3.8, 4) is 11.5 Å². The van der Waals surface area contributed by atoms with E-state index in [9.17, 15) is 29.4 Å². The maximum atomic E-state index is 15.1. The summed E-state index contributed by atoms with van der Waals surface area (Å²) in [6.07, 6.45) is 4.67. The second kappa shape index (κ2) is 19.2. The number of likely N-dealkylation sites (tertiary alicyclic amines) is 1. The summed E-state index contributed by atoms with van der Waals surface area (Å²) < 4.78 is 29.8. The van der Waals surface area contributed by atoms with Crippen molar-refractivity contribution in [2.24, 2.45) is 23.7 Å². The number of nitrogens with one attached hydrogen (secondary N) is 1. The van der Waals surface area contributed by atoms with Crippen molar-refractivity contribution in [1.82, 2.24) is 10.2 Å². The maximum absolute atomic E-state index is 15.1. The van der Waals surface area contributed by atoms with Crippen molar-refractivity contribution in [3.05, 3.63) is 105 Å². The van der Waals surface area contributed by atoms with Crippen molar-refractivity contribution >= 4 is 46.8 Å². The summed E-state index contributed by atoms with van der Waals surface area (Å²) in [7, 11) is 1.42. The molecule has 4 heterocycles.